The molecule has 0 aliphatic carbocycles. The summed E-state index contributed by atoms with van der Waals surface area (Å²) >= 11 is 0. The van der Waals surface area contributed by atoms with E-state index in [2.05, 4.69) is 10.1 Å². The largest absolute Gasteiger partial charge is 0.573 e. The summed E-state index contributed by atoms with van der Waals surface area (Å²) in [6.45, 7) is -0.582. The normalized spacial score (nSPS) is 31.7. The van der Waals surface area contributed by atoms with Gasteiger partial charge in [0.05, 0.1) is 6.61 Å². The zero-order chi connectivity index (χ0) is 17.2. The first kappa shape index (κ1) is 17.8. The highest BCUT2D eigenvalue weighted by Gasteiger charge is 2.43. The lowest BCUT2D eigenvalue weighted by Crippen LogP contribution is -2.60. The van der Waals surface area contributed by atoms with E-state index >= 15 is 0 Å². The Kier molecular flexibility index (Phi) is 5.32. The Morgan fingerprint density at radius 2 is 1.65 bits per heavy atom. The number of hydrogen-bond donors (Lipinski definition) is 5. The monoisotopic (exact) mass is 339 g/mol. The second-order valence-electron chi connectivity index (χ2n) is 4.97. The van der Waals surface area contributed by atoms with Gasteiger partial charge in [0.15, 0.2) is 6.23 Å². The Labute approximate surface area is 128 Å². The predicted octanol–water partition coefficient (Wildman–Crippen LogP) is -0.203. The number of halogens is 3. The maximum absolute atomic E-state index is 12.1. The molecule has 1 aliphatic heterocycles. The van der Waals surface area contributed by atoms with Crippen molar-refractivity contribution in [3.63, 3.8) is 0 Å². The SMILES string of the molecule is OC[C@@H]1O[C@H](Nc2ccc(OC(F)(F)F)cc2)[C@H](O)[C@@H](O)[C@@H]1O. The van der Waals surface area contributed by atoms with Gasteiger partial charge in [0.25, 0.3) is 0 Å². The number of aliphatic hydroxyl groups excluding tert-OH is 4. The topological polar surface area (TPSA) is 111 Å². The van der Waals surface area contributed by atoms with Crippen LogP contribution in [0.4, 0.5) is 18.9 Å². The van der Waals surface area contributed by atoms with Gasteiger partial charge in [-0.05, 0) is 24.3 Å². The molecule has 23 heavy (non-hydrogen) atoms. The van der Waals surface area contributed by atoms with Crippen molar-refractivity contribution in [2.75, 3.05) is 11.9 Å². The van der Waals surface area contributed by atoms with Crippen LogP contribution in [-0.2, 0) is 4.74 Å². The first-order valence-electron chi connectivity index (χ1n) is 6.64. The fraction of sp³-hybridized carbons (Fsp3) is 0.538. The van der Waals surface area contributed by atoms with Crippen LogP contribution in [0.1, 0.15) is 0 Å². The molecular weight excluding hydrogens is 323 g/mol. The lowest BCUT2D eigenvalue weighted by Gasteiger charge is -2.40. The number of anilines is 1. The highest BCUT2D eigenvalue weighted by atomic mass is 19.4. The molecular formula is C13H16F3NO6. The minimum atomic E-state index is -4.80. The molecule has 10 heteroatoms. The fourth-order valence-electron chi connectivity index (χ4n) is 2.14. The van der Waals surface area contributed by atoms with Crippen LogP contribution in [0, 0.1) is 0 Å². The van der Waals surface area contributed by atoms with E-state index in [1.54, 1.807) is 0 Å². The zero-order valence-corrected chi connectivity index (χ0v) is 11.6. The first-order valence-corrected chi connectivity index (χ1v) is 6.64. The molecule has 2 rings (SSSR count). The first-order chi connectivity index (χ1) is 10.7. The van der Waals surface area contributed by atoms with E-state index in [0.717, 1.165) is 12.1 Å². The average Bonchev–Trinajstić information content (AvgIpc) is 2.48. The molecule has 1 aromatic carbocycles. The van der Waals surface area contributed by atoms with E-state index in [9.17, 15) is 28.5 Å². The summed E-state index contributed by atoms with van der Waals surface area (Å²) in [6, 6.07) is 4.62. The van der Waals surface area contributed by atoms with Crippen molar-refractivity contribution >= 4 is 5.69 Å². The molecule has 7 nitrogen and oxygen atoms in total. The lowest BCUT2D eigenvalue weighted by molar-refractivity contribution is -0.274. The van der Waals surface area contributed by atoms with Gasteiger partial charge < -0.3 is 35.2 Å². The molecule has 1 saturated heterocycles. The van der Waals surface area contributed by atoms with E-state index in [0.29, 0.717) is 0 Å². The minimum absolute atomic E-state index is 0.281. The van der Waals surface area contributed by atoms with Gasteiger partial charge in [0.1, 0.15) is 30.2 Å². The molecule has 0 spiro atoms. The third-order valence-corrected chi connectivity index (χ3v) is 3.29. The average molecular weight is 339 g/mol. The van der Waals surface area contributed by atoms with E-state index < -0.39 is 49.4 Å². The van der Waals surface area contributed by atoms with Crippen LogP contribution in [0.25, 0.3) is 0 Å². The molecule has 1 aliphatic rings. The minimum Gasteiger partial charge on any atom is -0.406 e. The number of nitrogens with one attached hydrogen (secondary N) is 1. The van der Waals surface area contributed by atoms with Crippen LogP contribution >= 0.6 is 0 Å². The molecule has 0 aromatic heterocycles. The quantitative estimate of drug-likeness (QED) is 0.516. The number of hydrogen-bond acceptors (Lipinski definition) is 7. The molecule has 1 aromatic rings. The van der Waals surface area contributed by atoms with Gasteiger partial charge in [-0.2, -0.15) is 0 Å². The van der Waals surface area contributed by atoms with Crippen LogP contribution in [0.2, 0.25) is 0 Å². The standard InChI is InChI=1S/C13H16F3NO6/c14-13(15,16)23-7-3-1-6(2-4-7)17-12-11(21)10(20)9(19)8(5-18)22-12/h1-4,8-12,17-21H,5H2/t8-,9+,10-,11+,12-/m0/s1. The molecule has 0 amide bonds. The molecule has 1 fully saturated rings. The van der Waals surface area contributed by atoms with Gasteiger partial charge >= 0.3 is 6.36 Å². The Morgan fingerprint density at radius 3 is 2.17 bits per heavy atom. The summed E-state index contributed by atoms with van der Waals surface area (Å²) < 4.78 is 45.1. The Balaban J connectivity index is 2.03. The third kappa shape index (κ3) is 4.45. The molecule has 1 heterocycles. The summed E-state index contributed by atoms with van der Waals surface area (Å²) in [7, 11) is 0. The van der Waals surface area contributed by atoms with E-state index in [1.165, 1.54) is 12.1 Å². The predicted molar refractivity (Wildman–Crippen MR) is 70.5 cm³/mol. The van der Waals surface area contributed by atoms with E-state index in [-0.39, 0.29) is 5.69 Å². The Morgan fingerprint density at radius 1 is 1.04 bits per heavy atom. The van der Waals surface area contributed by atoms with Crippen molar-refractivity contribution in [2.24, 2.45) is 0 Å². The highest BCUT2D eigenvalue weighted by Crippen LogP contribution is 2.26. The summed E-state index contributed by atoms with van der Waals surface area (Å²) in [6.07, 6.45) is -11.6. The third-order valence-electron chi connectivity index (χ3n) is 3.29. The van der Waals surface area contributed by atoms with Gasteiger partial charge in [-0.1, -0.05) is 0 Å². The van der Waals surface area contributed by atoms with Crippen molar-refractivity contribution in [3.05, 3.63) is 24.3 Å². The van der Waals surface area contributed by atoms with Crippen molar-refractivity contribution in [1.29, 1.82) is 0 Å². The number of alkyl halides is 3. The summed E-state index contributed by atoms with van der Waals surface area (Å²) in [5, 5.41) is 40.8. The van der Waals surface area contributed by atoms with Gasteiger partial charge in [0.2, 0.25) is 0 Å². The second-order valence-corrected chi connectivity index (χ2v) is 4.97. The summed E-state index contributed by atoms with van der Waals surface area (Å²) in [5.41, 5.74) is 0.281. The van der Waals surface area contributed by atoms with Crippen molar-refractivity contribution in [2.45, 2.75) is 37.0 Å². The maximum Gasteiger partial charge on any atom is 0.573 e. The van der Waals surface area contributed by atoms with Crippen molar-refractivity contribution < 1.29 is 43.1 Å². The van der Waals surface area contributed by atoms with E-state index in [1.807, 2.05) is 0 Å². The van der Waals surface area contributed by atoms with Crippen LogP contribution in [-0.4, -0.2) is 64.0 Å². The van der Waals surface area contributed by atoms with Crippen LogP contribution in [0.3, 0.4) is 0 Å². The number of ether oxygens (including phenoxy) is 2. The zero-order valence-electron chi connectivity index (χ0n) is 11.6. The number of aliphatic hydroxyl groups is 4. The summed E-state index contributed by atoms with van der Waals surface area (Å²) in [4.78, 5) is 0. The van der Waals surface area contributed by atoms with Crippen LogP contribution < -0.4 is 10.1 Å². The van der Waals surface area contributed by atoms with Crippen molar-refractivity contribution in [1.82, 2.24) is 0 Å². The molecule has 5 atom stereocenters. The molecule has 0 bridgehead atoms. The smallest absolute Gasteiger partial charge is 0.406 e. The van der Waals surface area contributed by atoms with Crippen LogP contribution in [0.5, 0.6) is 5.75 Å². The fourth-order valence-corrected chi connectivity index (χ4v) is 2.14. The second kappa shape index (κ2) is 6.89. The molecule has 0 radical (unpaired) electrons. The lowest BCUT2D eigenvalue weighted by atomic mass is 9.98. The van der Waals surface area contributed by atoms with Crippen molar-refractivity contribution in [3.8, 4) is 5.75 Å². The van der Waals surface area contributed by atoms with Gasteiger partial charge in [0, 0.05) is 5.69 Å². The molecule has 0 saturated carbocycles. The van der Waals surface area contributed by atoms with E-state index in [4.69, 9.17) is 9.84 Å². The highest BCUT2D eigenvalue weighted by molar-refractivity contribution is 5.47. The number of benzene rings is 1. The van der Waals surface area contributed by atoms with Gasteiger partial charge in [-0.3, -0.25) is 0 Å². The number of rotatable bonds is 4. The molecule has 0 unspecified atom stereocenters. The molecule has 5 N–H and O–H groups in total. The van der Waals surface area contributed by atoms with Crippen LogP contribution in [0.15, 0.2) is 24.3 Å². The Hall–Kier alpha value is -1.59. The van der Waals surface area contributed by atoms with Gasteiger partial charge in [-0.25, -0.2) is 0 Å². The summed E-state index contributed by atoms with van der Waals surface area (Å²) in [5.74, 6) is -0.420. The Bertz CT molecular complexity index is 509. The molecule has 130 valence electrons. The maximum atomic E-state index is 12.1. The van der Waals surface area contributed by atoms with Gasteiger partial charge in [-0.15, -0.1) is 13.2 Å².